The summed E-state index contributed by atoms with van der Waals surface area (Å²) >= 11 is 0. The fourth-order valence-corrected chi connectivity index (χ4v) is 2.57. The normalized spacial score (nSPS) is 28.9. The van der Waals surface area contributed by atoms with Crippen molar-refractivity contribution in [1.82, 2.24) is 5.32 Å². The third-order valence-electron chi connectivity index (χ3n) is 3.47. The van der Waals surface area contributed by atoms with Crippen molar-refractivity contribution in [2.45, 2.75) is 51.0 Å². The molecule has 5 nitrogen and oxygen atoms in total. The molecule has 2 unspecified atom stereocenters. The standard InChI is InChI=1S/C12H22N2O3/c1-9-4-2-6-12(8-9,11(16)17)14-7-3-5-10(13)15/h9,14H,2-8H2,1H3,(H2,13,15)(H,16,17). The van der Waals surface area contributed by atoms with Crippen LogP contribution in [0.1, 0.15) is 45.4 Å². The molecule has 0 aliphatic heterocycles. The first-order valence-electron chi connectivity index (χ1n) is 6.23. The molecule has 1 aliphatic rings. The smallest absolute Gasteiger partial charge is 0.323 e. The van der Waals surface area contributed by atoms with Crippen molar-refractivity contribution in [3.05, 3.63) is 0 Å². The number of carbonyl (C=O) groups is 2. The summed E-state index contributed by atoms with van der Waals surface area (Å²) in [7, 11) is 0. The lowest BCUT2D eigenvalue weighted by Gasteiger charge is -2.37. The maximum atomic E-state index is 11.4. The maximum Gasteiger partial charge on any atom is 0.323 e. The zero-order chi connectivity index (χ0) is 12.9. The van der Waals surface area contributed by atoms with Gasteiger partial charge in [-0.15, -0.1) is 0 Å². The summed E-state index contributed by atoms with van der Waals surface area (Å²) in [6, 6.07) is 0. The van der Waals surface area contributed by atoms with Crippen molar-refractivity contribution in [2.75, 3.05) is 6.54 Å². The second-order valence-corrected chi connectivity index (χ2v) is 5.09. The summed E-state index contributed by atoms with van der Waals surface area (Å²) < 4.78 is 0. The molecule has 5 heteroatoms. The van der Waals surface area contributed by atoms with Gasteiger partial charge < -0.3 is 16.2 Å². The molecule has 1 saturated carbocycles. The molecule has 0 aromatic rings. The molecular weight excluding hydrogens is 220 g/mol. The Kier molecular flexibility index (Phi) is 4.93. The van der Waals surface area contributed by atoms with Crippen LogP contribution in [0.2, 0.25) is 0 Å². The number of rotatable bonds is 6. The van der Waals surface area contributed by atoms with Gasteiger partial charge in [-0.05, 0) is 31.7 Å². The van der Waals surface area contributed by atoms with Gasteiger partial charge in [0.15, 0.2) is 0 Å². The highest BCUT2D eigenvalue weighted by atomic mass is 16.4. The molecule has 1 rings (SSSR count). The Morgan fingerprint density at radius 2 is 2.24 bits per heavy atom. The number of aliphatic carboxylic acids is 1. The van der Waals surface area contributed by atoms with Crippen LogP contribution in [0.5, 0.6) is 0 Å². The molecule has 2 atom stereocenters. The molecule has 0 saturated heterocycles. The van der Waals surface area contributed by atoms with E-state index in [-0.39, 0.29) is 5.91 Å². The first-order chi connectivity index (χ1) is 7.96. The Hall–Kier alpha value is -1.10. The Morgan fingerprint density at radius 3 is 2.76 bits per heavy atom. The van der Waals surface area contributed by atoms with Crippen LogP contribution in [0, 0.1) is 5.92 Å². The lowest BCUT2D eigenvalue weighted by molar-refractivity contribution is -0.147. The van der Waals surface area contributed by atoms with Gasteiger partial charge in [-0.25, -0.2) is 0 Å². The minimum absolute atomic E-state index is 0.304. The zero-order valence-electron chi connectivity index (χ0n) is 10.4. The van der Waals surface area contributed by atoms with E-state index in [0.29, 0.717) is 38.1 Å². The largest absolute Gasteiger partial charge is 0.480 e. The van der Waals surface area contributed by atoms with E-state index in [2.05, 4.69) is 12.2 Å². The van der Waals surface area contributed by atoms with Gasteiger partial charge in [0.25, 0.3) is 0 Å². The average molecular weight is 242 g/mol. The van der Waals surface area contributed by atoms with Crippen LogP contribution in [-0.4, -0.2) is 29.1 Å². The quantitative estimate of drug-likeness (QED) is 0.603. The van der Waals surface area contributed by atoms with Crippen molar-refractivity contribution in [2.24, 2.45) is 11.7 Å². The fraction of sp³-hybridized carbons (Fsp3) is 0.833. The third-order valence-corrected chi connectivity index (χ3v) is 3.47. The predicted octanol–water partition coefficient (Wildman–Crippen LogP) is 0.875. The van der Waals surface area contributed by atoms with Gasteiger partial charge in [0.1, 0.15) is 5.54 Å². The van der Waals surface area contributed by atoms with Gasteiger partial charge in [0.2, 0.25) is 5.91 Å². The average Bonchev–Trinajstić information content (AvgIpc) is 2.24. The van der Waals surface area contributed by atoms with Gasteiger partial charge in [-0.1, -0.05) is 19.8 Å². The Morgan fingerprint density at radius 1 is 1.53 bits per heavy atom. The number of hydrogen-bond acceptors (Lipinski definition) is 3. The maximum absolute atomic E-state index is 11.4. The Bertz CT molecular complexity index is 293. The van der Waals surface area contributed by atoms with Gasteiger partial charge in [0, 0.05) is 6.42 Å². The second kappa shape index (κ2) is 6.00. The van der Waals surface area contributed by atoms with E-state index in [1.807, 2.05) is 0 Å². The van der Waals surface area contributed by atoms with Gasteiger partial charge in [0.05, 0.1) is 0 Å². The van der Waals surface area contributed by atoms with E-state index in [0.717, 1.165) is 12.8 Å². The summed E-state index contributed by atoms with van der Waals surface area (Å²) in [4.78, 5) is 22.0. The van der Waals surface area contributed by atoms with E-state index < -0.39 is 11.5 Å². The SMILES string of the molecule is CC1CCCC(NCCCC(N)=O)(C(=O)O)C1. The highest BCUT2D eigenvalue weighted by Gasteiger charge is 2.41. The number of hydrogen-bond donors (Lipinski definition) is 3. The van der Waals surface area contributed by atoms with E-state index in [4.69, 9.17) is 5.73 Å². The highest BCUT2D eigenvalue weighted by Crippen LogP contribution is 2.32. The second-order valence-electron chi connectivity index (χ2n) is 5.09. The van der Waals surface area contributed by atoms with E-state index >= 15 is 0 Å². The summed E-state index contributed by atoms with van der Waals surface area (Å²) in [6.45, 7) is 2.61. The van der Waals surface area contributed by atoms with Crippen molar-refractivity contribution in [3.63, 3.8) is 0 Å². The summed E-state index contributed by atoms with van der Waals surface area (Å²) in [5.41, 5.74) is 4.25. The Balaban J connectivity index is 2.48. The summed E-state index contributed by atoms with van der Waals surface area (Å²) in [6.07, 6.45) is 4.27. The molecule has 0 aromatic carbocycles. The van der Waals surface area contributed by atoms with Crippen molar-refractivity contribution >= 4 is 11.9 Å². The first-order valence-corrected chi connectivity index (χ1v) is 6.23. The molecule has 0 radical (unpaired) electrons. The molecule has 0 bridgehead atoms. The molecule has 0 heterocycles. The Labute approximate surface area is 102 Å². The summed E-state index contributed by atoms with van der Waals surface area (Å²) in [5, 5.41) is 12.5. The number of carboxylic acid groups (broad SMARTS) is 1. The molecule has 1 amide bonds. The number of nitrogens with two attached hydrogens (primary N) is 1. The van der Waals surface area contributed by atoms with Crippen LogP contribution < -0.4 is 11.1 Å². The number of carbonyl (C=O) groups excluding carboxylic acids is 1. The third kappa shape index (κ3) is 4.00. The van der Waals surface area contributed by atoms with E-state index in [1.54, 1.807) is 0 Å². The van der Waals surface area contributed by atoms with E-state index in [9.17, 15) is 14.7 Å². The lowest BCUT2D eigenvalue weighted by atomic mass is 9.76. The minimum atomic E-state index is -0.796. The van der Waals surface area contributed by atoms with Gasteiger partial charge in [-0.2, -0.15) is 0 Å². The first kappa shape index (κ1) is 14.0. The van der Waals surface area contributed by atoms with E-state index in [1.165, 1.54) is 0 Å². The van der Waals surface area contributed by atoms with Crippen LogP contribution in [-0.2, 0) is 9.59 Å². The molecule has 98 valence electrons. The molecule has 0 aromatic heterocycles. The highest BCUT2D eigenvalue weighted by molar-refractivity contribution is 5.79. The molecular formula is C12H22N2O3. The molecule has 4 N–H and O–H groups in total. The van der Waals surface area contributed by atoms with Crippen molar-refractivity contribution in [1.29, 1.82) is 0 Å². The monoisotopic (exact) mass is 242 g/mol. The van der Waals surface area contributed by atoms with Crippen LogP contribution in [0.4, 0.5) is 0 Å². The fourth-order valence-electron chi connectivity index (χ4n) is 2.57. The minimum Gasteiger partial charge on any atom is -0.480 e. The zero-order valence-corrected chi connectivity index (χ0v) is 10.4. The summed E-state index contributed by atoms with van der Waals surface area (Å²) in [5.74, 6) is -0.681. The number of carboxylic acids is 1. The topological polar surface area (TPSA) is 92.4 Å². The van der Waals surface area contributed by atoms with Crippen LogP contribution >= 0.6 is 0 Å². The predicted molar refractivity (Wildman–Crippen MR) is 64.4 cm³/mol. The molecule has 1 aliphatic carbocycles. The molecule has 17 heavy (non-hydrogen) atoms. The van der Waals surface area contributed by atoms with Crippen LogP contribution in [0.25, 0.3) is 0 Å². The van der Waals surface area contributed by atoms with Crippen LogP contribution in [0.15, 0.2) is 0 Å². The lowest BCUT2D eigenvalue weighted by Crippen LogP contribution is -2.55. The van der Waals surface area contributed by atoms with Crippen molar-refractivity contribution < 1.29 is 14.7 Å². The molecule has 1 fully saturated rings. The van der Waals surface area contributed by atoms with Crippen LogP contribution in [0.3, 0.4) is 0 Å². The number of amides is 1. The van der Waals surface area contributed by atoms with Gasteiger partial charge in [-0.3, -0.25) is 9.59 Å². The number of nitrogens with one attached hydrogen (secondary N) is 1. The van der Waals surface area contributed by atoms with Gasteiger partial charge >= 0.3 is 5.97 Å². The van der Waals surface area contributed by atoms with Crippen molar-refractivity contribution in [3.8, 4) is 0 Å². The number of primary amides is 1. The molecule has 0 spiro atoms.